The smallest absolute Gasteiger partial charge is 0.330 e. The van der Waals surface area contributed by atoms with Gasteiger partial charge in [-0.15, -0.1) is 11.3 Å². The van der Waals surface area contributed by atoms with Gasteiger partial charge >= 0.3 is 5.97 Å². The van der Waals surface area contributed by atoms with E-state index in [1.54, 1.807) is 41.0 Å². The molecule has 0 radical (unpaired) electrons. The Kier molecular flexibility index (Phi) is 3.49. The molecule has 1 aliphatic heterocycles. The molecular formula is C16H17N5O2S. The van der Waals surface area contributed by atoms with E-state index in [9.17, 15) is 9.90 Å². The Morgan fingerprint density at radius 3 is 2.79 bits per heavy atom. The number of anilines is 1. The van der Waals surface area contributed by atoms with E-state index in [4.69, 9.17) is 0 Å². The van der Waals surface area contributed by atoms with Gasteiger partial charge in [0.2, 0.25) is 0 Å². The zero-order valence-electron chi connectivity index (χ0n) is 13.2. The zero-order valence-corrected chi connectivity index (χ0v) is 14.0. The molecule has 0 atom stereocenters. The summed E-state index contributed by atoms with van der Waals surface area (Å²) in [6.45, 7) is 3.31. The first-order valence-corrected chi connectivity index (χ1v) is 8.65. The van der Waals surface area contributed by atoms with E-state index in [0.29, 0.717) is 25.9 Å². The first-order chi connectivity index (χ1) is 11.6. The van der Waals surface area contributed by atoms with Crippen LogP contribution in [0.15, 0.2) is 30.4 Å². The molecule has 0 aromatic carbocycles. The van der Waals surface area contributed by atoms with Gasteiger partial charge in [-0.3, -0.25) is 0 Å². The van der Waals surface area contributed by atoms with Crippen LogP contribution in [-0.4, -0.2) is 43.7 Å². The van der Waals surface area contributed by atoms with Crippen LogP contribution in [0.5, 0.6) is 0 Å². The minimum atomic E-state index is -0.926. The minimum Gasteiger partial charge on any atom is -0.479 e. The Hall–Kier alpha value is -2.48. The number of hydrogen-bond acceptors (Lipinski definition) is 6. The van der Waals surface area contributed by atoms with Crippen molar-refractivity contribution in [3.8, 4) is 0 Å². The van der Waals surface area contributed by atoms with Gasteiger partial charge in [0.25, 0.3) is 0 Å². The fourth-order valence-electron chi connectivity index (χ4n) is 3.37. The number of aromatic nitrogens is 4. The fourth-order valence-corrected chi connectivity index (χ4v) is 4.38. The Bertz CT molecular complexity index is 881. The standard InChI is InChI=1S/C16H17N5O2S/c1-11-8-24-13-12(11)18-9-19-14(13)20-5-2-16(3-6-20,15(22)23)21-7-4-17-10-21/h4,7-10H,2-3,5-6H2,1H3,(H,22,23). The number of aliphatic carboxylic acids is 1. The zero-order chi connectivity index (χ0) is 16.7. The number of fused-ring (bicyclic) bond motifs is 1. The van der Waals surface area contributed by atoms with Crippen LogP contribution in [0.25, 0.3) is 10.2 Å². The molecule has 1 fully saturated rings. The van der Waals surface area contributed by atoms with Crippen molar-refractivity contribution < 1.29 is 9.90 Å². The third-order valence-corrected chi connectivity index (χ3v) is 5.88. The number of carboxylic acids is 1. The largest absolute Gasteiger partial charge is 0.479 e. The highest BCUT2D eigenvalue weighted by atomic mass is 32.1. The Balaban J connectivity index is 1.65. The predicted octanol–water partition coefficient (Wildman–Crippen LogP) is 2.28. The van der Waals surface area contributed by atoms with Gasteiger partial charge in [-0.05, 0) is 30.7 Å². The fraction of sp³-hybridized carbons (Fsp3) is 0.375. The van der Waals surface area contributed by atoms with Crippen LogP contribution in [-0.2, 0) is 10.3 Å². The Morgan fingerprint density at radius 1 is 1.33 bits per heavy atom. The van der Waals surface area contributed by atoms with Crippen LogP contribution < -0.4 is 4.90 Å². The average molecular weight is 343 g/mol. The summed E-state index contributed by atoms with van der Waals surface area (Å²) in [5, 5.41) is 11.9. The molecule has 0 aliphatic carbocycles. The molecule has 8 heteroatoms. The number of nitrogens with zero attached hydrogens (tertiary/aromatic N) is 5. The summed E-state index contributed by atoms with van der Waals surface area (Å²) in [7, 11) is 0. The first-order valence-electron chi connectivity index (χ1n) is 7.77. The van der Waals surface area contributed by atoms with E-state index in [-0.39, 0.29) is 0 Å². The van der Waals surface area contributed by atoms with Crippen molar-refractivity contribution in [1.29, 1.82) is 0 Å². The number of hydrogen-bond donors (Lipinski definition) is 1. The maximum atomic E-state index is 11.9. The van der Waals surface area contributed by atoms with Crippen molar-refractivity contribution >= 4 is 33.3 Å². The number of carboxylic acid groups (broad SMARTS) is 1. The van der Waals surface area contributed by atoms with Gasteiger partial charge in [-0.1, -0.05) is 0 Å². The molecule has 4 rings (SSSR count). The molecule has 0 bridgehead atoms. The van der Waals surface area contributed by atoms with Crippen molar-refractivity contribution in [3.63, 3.8) is 0 Å². The Labute approximate surface area is 142 Å². The van der Waals surface area contributed by atoms with Crippen LogP contribution >= 0.6 is 11.3 Å². The van der Waals surface area contributed by atoms with Crippen LogP contribution in [0.1, 0.15) is 18.4 Å². The van der Waals surface area contributed by atoms with E-state index in [1.807, 2.05) is 6.92 Å². The van der Waals surface area contributed by atoms with Crippen LogP contribution in [0, 0.1) is 6.92 Å². The van der Waals surface area contributed by atoms with E-state index in [2.05, 4.69) is 25.2 Å². The van der Waals surface area contributed by atoms with Crippen molar-refractivity contribution in [2.45, 2.75) is 25.3 Å². The van der Waals surface area contributed by atoms with Crippen molar-refractivity contribution in [2.75, 3.05) is 18.0 Å². The van der Waals surface area contributed by atoms with Gasteiger partial charge in [0, 0.05) is 25.5 Å². The number of piperidine rings is 1. The number of thiophene rings is 1. The SMILES string of the molecule is Cc1csc2c(N3CCC(C(=O)O)(n4ccnc4)CC3)ncnc12. The van der Waals surface area contributed by atoms with Crippen LogP contribution in [0.4, 0.5) is 5.82 Å². The normalized spacial score (nSPS) is 17.3. The van der Waals surface area contributed by atoms with Gasteiger partial charge in [0.1, 0.15) is 17.7 Å². The molecule has 4 heterocycles. The minimum absolute atomic E-state index is 0.508. The topological polar surface area (TPSA) is 84.1 Å². The molecular weight excluding hydrogens is 326 g/mol. The molecule has 0 saturated carbocycles. The Morgan fingerprint density at radius 2 is 2.12 bits per heavy atom. The molecule has 1 aliphatic rings. The maximum absolute atomic E-state index is 11.9. The second kappa shape index (κ2) is 5.55. The quantitative estimate of drug-likeness (QED) is 0.785. The molecule has 3 aromatic heterocycles. The lowest BCUT2D eigenvalue weighted by molar-refractivity contribution is -0.148. The number of imidazole rings is 1. The molecule has 124 valence electrons. The first kappa shape index (κ1) is 15.1. The van der Waals surface area contributed by atoms with E-state index in [0.717, 1.165) is 21.6 Å². The lowest BCUT2D eigenvalue weighted by atomic mass is 9.87. The van der Waals surface area contributed by atoms with Crippen molar-refractivity contribution in [2.24, 2.45) is 0 Å². The summed E-state index contributed by atoms with van der Waals surface area (Å²) in [5.41, 5.74) is 1.20. The molecule has 3 aromatic rings. The summed E-state index contributed by atoms with van der Waals surface area (Å²) in [6.07, 6.45) is 7.56. The summed E-state index contributed by atoms with van der Waals surface area (Å²) < 4.78 is 2.79. The van der Waals surface area contributed by atoms with E-state index in [1.165, 1.54) is 0 Å². The highest BCUT2D eigenvalue weighted by Crippen LogP contribution is 2.36. The lowest BCUT2D eigenvalue weighted by Gasteiger charge is -2.40. The average Bonchev–Trinajstić information content (AvgIpc) is 3.25. The van der Waals surface area contributed by atoms with Crippen molar-refractivity contribution in [1.82, 2.24) is 19.5 Å². The monoisotopic (exact) mass is 343 g/mol. The lowest BCUT2D eigenvalue weighted by Crippen LogP contribution is -2.51. The van der Waals surface area contributed by atoms with Crippen LogP contribution in [0.3, 0.4) is 0 Å². The van der Waals surface area contributed by atoms with Gasteiger partial charge in [-0.25, -0.2) is 19.7 Å². The molecule has 0 amide bonds. The number of rotatable bonds is 3. The van der Waals surface area contributed by atoms with Gasteiger partial charge < -0.3 is 14.6 Å². The van der Waals surface area contributed by atoms with Gasteiger partial charge in [0.15, 0.2) is 0 Å². The molecule has 0 spiro atoms. The molecule has 1 saturated heterocycles. The maximum Gasteiger partial charge on any atom is 0.330 e. The molecule has 0 unspecified atom stereocenters. The molecule has 24 heavy (non-hydrogen) atoms. The summed E-state index contributed by atoms with van der Waals surface area (Å²) in [5.74, 6) is 0.0997. The number of aryl methyl sites for hydroxylation is 1. The van der Waals surface area contributed by atoms with Gasteiger partial charge in [-0.2, -0.15) is 0 Å². The summed E-state index contributed by atoms with van der Waals surface area (Å²) in [4.78, 5) is 26.9. The van der Waals surface area contributed by atoms with E-state index < -0.39 is 11.5 Å². The third kappa shape index (κ3) is 2.17. The predicted molar refractivity (Wildman–Crippen MR) is 91.4 cm³/mol. The third-order valence-electron chi connectivity index (χ3n) is 4.80. The summed E-state index contributed by atoms with van der Waals surface area (Å²) in [6, 6.07) is 0. The van der Waals surface area contributed by atoms with E-state index >= 15 is 0 Å². The molecule has 1 N–H and O–H groups in total. The summed E-state index contributed by atoms with van der Waals surface area (Å²) >= 11 is 1.64. The van der Waals surface area contributed by atoms with Crippen molar-refractivity contribution in [3.05, 3.63) is 36.0 Å². The van der Waals surface area contributed by atoms with Gasteiger partial charge in [0.05, 0.1) is 16.5 Å². The molecule has 7 nitrogen and oxygen atoms in total. The highest BCUT2D eigenvalue weighted by Gasteiger charge is 2.43. The second-order valence-corrected chi connectivity index (χ2v) is 6.97. The highest BCUT2D eigenvalue weighted by molar-refractivity contribution is 7.18. The number of carbonyl (C=O) groups is 1. The second-order valence-electron chi connectivity index (χ2n) is 6.09. The van der Waals surface area contributed by atoms with Crippen LogP contribution in [0.2, 0.25) is 0 Å².